The number of hydrogen-bond donors (Lipinski definition) is 2. The van der Waals surface area contributed by atoms with Crippen LogP contribution in [0.4, 0.5) is 4.79 Å². The van der Waals surface area contributed by atoms with Gasteiger partial charge in [-0.1, -0.05) is 13.8 Å². The molecule has 0 aliphatic carbocycles. The van der Waals surface area contributed by atoms with E-state index >= 15 is 0 Å². The lowest BCUT2D eigenvalue weighted by molar-refractivity contribution is 0.0512. The summed E-state index contributed by atoms with van der Waals surface area (Å²) >= 11 is 0. The topological polar surface area (TPSA) is 70.2 Å². The highest BCUT2D eigenvalue weighted by Crippen LogP contribution is 2.31. The predicted octanol–water partition coefficient (Wildman–Crippen LogP) is 3.14. The summed E-state index contributed by atoms with van der Waals surface area (Å²) in [5, 5.41) is 10.1. The van der Waals surface area contributed by atoms with E-state index in [0.717, 1.165) is 70.9 Å². The Balaban J connectivity index is 1.46. The highest BCUT2D eigenvalue weighted by atomic mass is 16.5. The van der Waals surface area contributed by atoms with Crippen LogP contribution in [-0.2, 0) is 4.74 Å². The highest BCUT2D eigenvalue weighted by Gasteiger charge is 2.28. The van der Waals surface area contributed by atoms with Crippen molar-refractivity contribution in [3.63, 3.8) is 0 Å². The third-order valence-corrected chi connectivity index (χ3v) is 5.60. The van der Waals surface area contributed by atoms with Crippen molar-refractivity contribution in [1.29, 1.82) is 0 Å². The molecule has 0 saturated carbocycles. The Labute approximate surface area is 150 Å². The lowest BCUT2D eigenvalue weighted by atomic mass is 9.80. The van der Waals surface area contributed by atoms with Crippen LogP contribution in [0.1, 0.15) is 57.4 Å². The van der Waals surface area contributed by atoms with E-state index in [-0.39, 0.29) is 11.4 Å². The smallest absolute Gasteiger partial charge is 0.317 e. The number of hydrogen-bond acceptors (Lipinski definition) is 3. The first-order valence-electron chi connectivity index (χ1n) is 9.63. The number of aromatic amines is 1. The van der Waals surface area contributed by atoms with Crippen LogP contribution < -0.4 is 5.32 Å². The third kappa shape index (κ3) is 5.21. The molecule has 2 N–H and O–H groups in total. The molecule has 1 atom stereocenters. The molecular formula is C19H32N4O2. The van der Waals surface area contributed by atoms with E-state index in [9.17, 15) is 4.79 Å². The first-order valence-corrected chi connectivity index (χ1v) is 9.63. The molecule has 140 valence electrons. The minimum Gasteiger partial charge on any atom is -0.381 e. The number of nitrogens with one attached hydrogen (secondary N) is 2. The zero-order chi connectivity index (χ0) is 17.7. The van der Waals surface area contributed by atoms with Crippen molar-refractivity contribution in [2.45, 2.75) is 51.9 Å². The lowest BCUT2D eigenvalue weighted by Crippen LogP contribution is -2.47. The number of likely N-dealkylation sites (tertiary alicyclic amines) is 1. The second kappa shape index (κ2) is 8.21. The first kappa shape index (κ1) is 18.2. The number of ether oxygens (including phenoxy) is 1. The molecule has 2 saturated heterocycles. The fourth-order valence-corrected chi connectivity index (χ4v) is 4.15. The number of nitrogens with zero attached hydrogens (tertiary/aromatic N) is 2. The Kier molecular flexibility index (Phi) is 5.99. The fourth-order valence-electron chi connectivity index (χ4n) is 4.15. The SMILES string of the molecule is CC(C)(CNC(=O)N1CCC[C@H](c2cn[nH]c2)C1)CC1CCOCC1. The number of H-pyrrole nitrogens is 1. The minimum absolute atomic E-state index is 0.0771. The van der Waals surface area contributed by atoms with Crippen LogP contribution in [0.15, 0.2) is 12.4 Å². The van der Waals surface area contributed by atoms with Crippen LogP contribution in [0.5, 0.6) is 0 Å². The highest BCUT2D eigenvalue weighted by molar-refractivity contribution is 5.74. The Morgan fingerprint density at radius 3 is 2.92 bits per heavy atom. The average Bonchev–Trinajstić information content (AvgIpc) is 3.15. The number of urea groups is 1. The maximum atomic E-state index is 12.6. The lowest BCUT2D eigenvalue weighted by Gasteiger charge is -2.35. The van der Waals surface area contributed by atoms with Crippen LogP contribution in [0.2, 0.25) is 0 Å². The third-order valence-electron chi connectivity index (χ3n) is 5.60. The molecular weight excluding hydrogens is 316 g/mol. The van der Waals surface area contributed by atoms with E-state index < -0.39 is 0 Å². The van der Waals surface area contributed by atoms with E-state index in [4.69, 9.17) is 4.74 Å². The van der Waals surface area contributed by atoms with Crippen molar-refractivity contribution in [1.82, 2.24) is 20.4 Å². The zero-order valence-electron chi connectivity index (χ0n) is 15.6. The molecule has 0 spiro atoms. The molecule has 0 bridgehead atoms. The number of piperidine rings is 1. The standard InChI is InChI=1S/C19H32N4O2/c1-19(2,10-15-5-8-25-9-6-15)14-20-18(24)23-7-3-4-16(13-23)17-11-21-22-12-17/h11-12,15-16H,3-10,13-14H2,1-2H3,(H,20,24)(H,21,22)/t16-/m0/s1. The van der Waals surface area contributed by atoms with Gasteiger partial charge < -0.3 is 15.0 Å². The molecule has 2 aliphatic rings. The van der Waals surface area contributed by atoms with E-state index in [2.05, 4.69) is 29.4 Å². The van der Waals surface area contributed by atoms with Gasteiger partial charge in [-0.3, -0.25) is 5.10 Å². The number of aromatic nitrogens is 2. The van der Waals surface area contributed by atoms with Gasteiger partial charge >= 0.3 is 6.03 Å². The monoisotopic (exact) mass is 348 g/mol. The van der Waals surface area contributed by atoms with Gasteiger partial charge in [-0.2, -0.15) is 5.10 Å². The molecule has 1 aromatic heterocycles. The molecule has 0 unspecified atom stereocenters. The summed E-state index contributed by atoms with van der Waals surface area (Å²) in [6, 6.07) is 0.0771. The van der Waals surface area contributed by atoms with Gasteiger partial charge in [0.1, 0.15) is 0 Å². The number of carbonyl (C=O) groups excluding carboxylic acids is 1. The maximum absolute atomic E-state index is 12.6. The second-order valence-electron chi connectivity index (χ2n) is 8.40. The van der Waals surface area contributed by atoms with Crippen molar-refractivity contribution in [3.8, 4) is 0 Å². The molecule has 3 rings (SSSR count). The van der Waals surface area contributed by atoms with Crippen molar-refractivity contribution in [2.24, 2.45) is 11.3 Å². The summed E-state index contributed by atoms with van der Waals surface area (Å²) in [6.07, 6.45) is 9.44. The van der Waals surface area contributed by atoms with Crippen LogP contribution in [0.3, 0.4) is 0 Å². The fraction of sp³-hybridized carbons (Fsp3) is 0.789. The van der Waals surface area contributed by atoms with Gasteiger partial charge in [0.2, 0.25) is 0 Å². The Hall–Kier alpha value is -1.56. The molecule has 1 aromatic rings. The summed E-state index contributed by atoms with van der Waals surface area (Å²) in [4.78, 5) is 14.6. The van der Waals surface area contributed by atoms with E-state index in [0.29, 0.717) is 5.92 Å². The van der Waals surface area contributed by atoms with Crippen molar-refractivity contribution in [2.75, 3.05) is 32.8 Å². The summed E-state index contributed by atoms with van der Waals surface area (Å²) in [5.74, 6) is 1.12. The summed E-state index contributed by atoms with van der Waals surface area (Å²) in [5.41, 5.74) is 1.33. The Morgan fingerprint density at radius 1 is 1.40 bits per heavy atom. The largest absolute Gasteiger partial charge is 0.381 e. The zero-order valence-corrected chi connectivity index (χ0v) is 15.6. The van der Waals surface area contributed by atoms with E-state index in [1.165, 1.54) is 5.56 Å². The van der Waals surface area contributed by atoms with Gasteiger partial charge in [0, 0.05) is 45.0 Å². The molecule has 0 aromatic carbocycles. The maximum Gasteiger partial charge on any atom is 0.317 e. The van der Waals surface area contributed by atoms with Gasteiger partial charge in [-0.05, 0) is 49.0 Å². The molecule has 2 aliphatic heterocycles. The van der Waals surface area contributed by atoms with Gasteiger partial charge in [-0.15, -0.1) is 0 Å². The molecule has 25 heavy (non-hydrogen) atoms. The summed E-state index contributed by atoms with van der Waals surface area (Å²) < 4.78 is 5.45. The average molecular weight is 348 g/mol. The predicted molar refractivity (Wildman–Crippen MR) is 97.5 cm³/mol. The van der Waals surface area contributed by atoms with E-state index in [1.54, 1.807) is 0 Å². The normalized spacial score (nSPS) is 22.8. The van der Waals surface area contributed by atoms with Gasteiger partial charge in [-0.25, -0.2) is 4.79 Å². The number of rotatable bonds is 5. The quantitative estimate of drug-likeness (QED) is 0.859. The van der Waals surface area contributed by atoms with Gasteiger partial charge in [0.25, 0.3) is 0 Å². The Bertz CT molecular complexity index is 538. The second-order valence-corrected chi connectivity index (χ2v) is 8.40. The van der Waals surface area contributed by atoms with Crippen molar-refractivity contribution < 1.29 is 9.53 Å². The molecule has 0 radical (unpaired) electrons. The van der Waals surface area contributed by atoms with Gasteiger partial charge in [0.15, 0.2) is 0 Å². The molecule has 3 heterocycles. The summed E-state index contributed by atoms with van der Waals surface area (Å²) in [6.45, 7) is 8.65. The minimum atomic E-state index is 0.0771. The van der Waals surface area contributed by atoms with Crippen molar-refractivity contribution >= 4 is 6.03 Å². The first-order chi connectivity index (χ1) is 12.0. The number of amides is 2. The van der Waals surface area contributed by atoms with Crippen LogP contribution >= 0.6 is 0 Å². The van der Waals surface area contributed by atoms with Crippen LogP contribution in [-0.4, -0.2) is 54.0 Å². The molecule has 2 fully saturated rings. The number of carbonyl (C=O) groups is 1. The molecule has 6 heteroatoms. The van der Waals surface area contributed by atoms with Crippen molar-refractivity contribution in [3.05, 3.63) is 18.0 Å². The Morgan fingerprint density at radius 2 is 2.20 bits per heavy atom. The van der Waals surface area contributed by atoms with Crippen LogP contribution in [0, 0.1) is 11.3 Å². The van der Waals surface area contributed by atoms with E-state index in [1.807, 2.05) is 17.3 Å². The van der Waals surface area contributed by atoms with Gasteiger partial charge in [0.05, 0.1) is 6.20 Å². The molecule has 2 amide bonds. The summed E-state index contributed by atoms with van der Waals surface area (Å²) in [7, 11) is 0. The molecule has 6 nitrogen and oxygen atoms in total. The van der Waals surface area contributed by atoms with Crippen LogP contribution in [0.25, 0.3) is 0 Å².